The molecule has 2 aliphatic rings. The van der Waals surface area contributed by atoms with Crippen molar-refractivity contribution >= 4 is 11.7 Å². The summed E-state index contributed by atoms with van der Waals surface area (Å²) in [5.74, 6) is 0.864. The maximum absolute atomic E-state index is 12.2. The number of carbonyl (C=O) groups is 1. The molecule has 1 saturated heterocycles. The van der Waals surface area contributed by atoms with Crippen LogP contribution in [0.3, 0.4) is 0 Å². The van der Waals surface area contributed by atoms with Gasteiger partial charge in [0.15, 0.2) is 0 Å². The van der Waals surface area contributed by atoms with Gasteiger partial charge < -0.3 is 25.4 Å². The number of hydrogen-bond acceptors (Lipinski definition) is 4. The summed E-state index contributed by atoms with van der Waals surface area (Å²) >= 11 is 0. The number of hydrogen-bond donors (Lipinski definition) is 3. The van der Waals surface area contributed by atoms with Gasteiger partial charge in [0, 0.05) is 25.2 Å². The van der Waals surface area contributed by atoms with E-state index in [1.807, 2.05) is 18.2 Å². The van der Waals surface area contributed by atoms with Gasteiger partial charge in [-0.3, -0.25) is 0 Å². The number of anilines is 1. The molecule has 1 heterocycles. The molecule has 24 heavy (non-hydrogen) atoms. The number of carbonyl (C=O) groups excluding carboxylic acids is 1. The van der Waals surface area contributed by atoms with Gasteiger partial charge in [0.05, 0.1) is 18.9 Å². The minimum Gasteiger partial charge on any atom is -0.495 e. The molecule has 1 aliphatic carbocycles. The van der Waals surface area contributed by atoms with E-state index in [0.29, 0.717) is 0 Å². The number of para-hydroxylation sites is 2. The van der Waals surface area contributed by atoms with Gasteiger partial charge in [0.25, 0.3) is 0 Å². The minimum atomic E-state index is -0.199. The van der Waals surface area contributed by atoms with Gasteiger partial charge in [-0.15, -0.1) is 0 Å². The molecule has 6 heteroatoms. The van der Waals surface area contributed by atoms with E-state index >= 15 is 0 Å². The molecule has 0 spiro atoms. The predicted octanol–water partition coefficient (Wildman–Crippen LogP) is 1.88. The molecule has 1 atom stereocenters. The van der Waals surface area contributed by atoms with E-state index in [9.17, 15) is 9.90 Å². The van der Waals surface area contributed by atoms with Gasteiger partial charge in [-0.05, 0) is 44.2 Å². The van der Waals surface area contributed by atoms with Crippen molar-refractivity contribution in [3.05, 3.63) is 24.3 Å². The number of nitrogens with one attached hydrogen (secondary N) is 2. The first kappa shape index (κ1) is 16.9. The molecule has 0 radical (unpaired) electrons. The Balaban J connectivity index is 1.48. The summed E-state index contributed by atoms with van der Waals surface area (Å²) < 4.78 is 5.42. The normalized spacial score (nSPS) is 26.9. The summed E-state index contributed by atoms with van der Waals surface area (Å²) in [7, 11) is 1.68. The first-order valence-corrected chi connectivity index (χ1v) is 8.78. The highest BCUT2D eigenvalue weighted by Gasteiger charge is 2.27. The molecule has 1 aromatic rings. The van der Waals surface area contributed by atoms with Gasteiger partial charge in [-0.2, -0.15) is 0 Å². The predicted molar refractivity (Wildman–Crippen MR) is 93.5 cm³/mol. The van der Waals surface area contributed by atoms with E-state index < -0.39 is 0 Å². The van der Waals surface area contributed by atoms with Crippen molar-refractivity contribution in [2.24, 2.45) is 0 Å². The van der Waals surface area contributed by atoms with Gasteiger partial charge in [-0.1, -0.05) is 12.1 Å². The highest BCUT2D eigenvalue weighted by Crippen LogP contribution is 2.30. The summed E-state index contributed by atoms with van der Waals surface area (Å²) in [5.41, 5.74) is 1.07. The lowest BCUT2D eigenvalue weighted by atomic mass is 9.93. The fourth-order valence-electron chi connectivity index (χ4n) is 3.62. The zero-order chi connectivity index (χ0) is 16.9. The van der Waals surface area contributed by atoms with Gasteiger partial charge >= 0.3 is 6.03 Å². The number of rotatable bonds is 4. The second kappa shape index (κ2) is 7.75. The molecule has 132 valence electrons. The van der Waals surface area contributed by atoms with Crippen LogP contribution in [-0.2, 0) is 0 Å². The maximum Gasteiger partial charge on any atom is 0.315 e. The second-order valence-corrected chi connectivity index (χ2v) is 6.73. The molecule has 2 fully saturated rings. The standard InChI is InChI=1S/C18H27N3O3/c1-24-17-5-3-2-4-16(17)21-11-10-14(12-21)20-18(23)19-13-6-8-15(22)9-7-13/h2-5,13-15,22H,6-12H2,1H3,(H2,19,20,23). The highest BCUT2D eigenvalue weighted by molar-refractivity contribution is 5.75. The monoisotopic (exact) mass is 333 g/mol. The van der Waals surface area contributed by atoms with Crippen LogP contribution in [0.1, 0.15) is 32.1 Å². The molecule has 3 rings (SSSR count). The summed E-state index contributed by atoms with van der Waals surface area (Å²) in [6, 6.07) is 8.20. The molecule has 1 unspecified atom stereocenters. The van der Waals surface area contributed by atoms with Gasteiger partial charge in [0.1, 0.15) is 5.75 Å². The Hall–Kier alpha value is -1.95. The van der Waals surface area contributed by atoms with Crippen LogP contribution >= 0.6 is 0 Å². The smallest absolute Gasteiger partial charge is 0.315 e. The van der Waals surface area contributed by atoms with E-state index in [1.54, 1.807) is 7.11 Å². The maximum atomic E-state index is 12.2. The lowest BCUT2D eigenvalue weighted by Crippen LogP contribution is -2.48. The van der Waals surface area contributed by atoms with Crippen molar-refractivity contribution in [2.75, 3.05) is 25.1 Å². The van der Waals surface area contributed by atoms with Crippen molar-refractivity contribution in [1.82, 2.24) is 10.6 Å². The zero-order valence-electron chi connectivity index (χ0n) is 14.2. The Morgan fingerprint density at radius 2 is 1.83 bits per heavy atom. The van der Waals surface area contributed by atoms with Gasteiger partial charge in [0.2, 0.25) is 0 Å². The van der Waals surface area contributed by atoms with E-state index in [4.69, 9.17) is 4.74 Å². The molecule has 0 aromatic heterocycles. The van der Waals surface area contributed by atoms with Crippen molar-refractivity contribution < 1.29 is 14.6 Å². The number of amides is 2. The topological polar surface area (TPSA) is 73.8 Å². The third-order valence-electron chi connectivity index (χ3n) is 4.98. The van der Waals surface area contributed by atoms with Crippen LogP contribution in [0.4, 0.5) is 10.5 Å². The molecule has 3 N–H and O–H groups in total. The quantitative estimate of drug-likeness (QED) is 0.786. The van der Waals surface area contributed by atoms with Crippen molar-refractivity contribution in [2.45, 2.75) is 50.3 Å². The number of aliphatic hydroxyl groups is 1. The Labute approximate surface area is 143 Å². The first-order valence-electron chi connectivity index (χ1n) is 8.78. The van der Waals surface area contributed by atoms with E-state index in [0.717, 1.165) is 56.6 Å². The zero-order valence-corrected chi connectivity index (χ0v) is 14.2. The van der Waals surface area contributed by atoms with Gasteiger partial charge in [-0.25, -0.2) is 4.79 Å². The number of benzene rings is 1. The van der Waals surface area contributed by atoms with Crippen LogP contribution in [0.5, 0.6) is 5.75 Å². The van der Waals surface area contributed by atoms with Crippen molar-refractivity contribution in [3.63, 3.8) is 0 Å². The average Bonchev–Trinajstić information content (AvgIpc) is 3.05. The van der Waals surface area contributed by atoms with E-state index in [1.165, 1.54) is 0 Å². The second-order valence-electron chi connectivity index (χ2n) is 6.73. The minimum absolute atomic E-state index is 0.0942. The molecular weight excluding hydrogens is 306 g/mol. The van der Waals surface area contributed by atoms with E-state index in [-0.39, 0.29) is 24.2 Å². The van der Waals surface area contributed by atoms with Crippen molar-refractivity contribution in [1.29, 1.82) is 0 Å². The number of nitrogens with zero attached hydrogens (tertiary/aromatic N) is 1. The lowest BCUT2D eigenvalue weighted by Gasteiger charge is -2.27. The third-order valence-corrected chi connectivity index (χ3v) is 4.98. The summed E-state index contributed by atoms with van der Waals surface area (Å²) in [4.78, 5) is 14.4. The number of methoxy groups -OCH3 is 1. The summed E-state index contributed by atoms with van der Waals surface area (Å²) in [6.07, 6.45) is 3.98. The molecule has 6 nitrogen and oxygen atoms in total. The van der Waals surface area contributed by atoms with Crippen LogP contribution in [0.15, 0.2) is 24.3 Å². The molecule has 1 aromatic carbocycles. The molecular formula is C18H27N3O3. The first-order chi connectivity index (χ1) is 11.7. The Morgan fingerprint density at radius 3 is 2.58 bits per heavy atom. The summed E-state index contributed by atoms with van der Waals surface area (Å²) in [5, 5.41) is 15.6. The average molecular weight is 333 g/mol. The SMILES string of the molecule is COc1ccccc1N1CCC(NC(=O)NC2CCC(O)CC2)C1. The fraction of sp³-hybridized carbons (Fsp3) is 0.611. The van der Waals surface area contributed by atoms with Crippen LogP contribution < -0.4 is 20.3 Å². The largest absolute Gasteiger partial charge is 0.495 e. The van der Waals surface area contributed by atoms with Crippen LogP contribution in [-0.4, -0.2) is 49.5 Å². The molecule has 1 saturated carbocycles. The van der Waals surface area contributed by atoms with E-state index in [2.05, 4.69) is 21.6 Å². The highest BCUT2D eigenvalue weighted by atomic mass is 16.5. The Kier molecular flexibility index (Phi) is 5.45. The summed E-state index contributed by atoms with van der Waals surface area (Å²) in [6.45, 7) is 1.69. The number of urea groups is 1. The third kappa shape index (κ3) is 4.12. The molecule has 2 amide bonds. The molecule has 1 aliphatic heterocycles. The Bertz CT molecular complexity index is 558. The Morgan fingerprint density at radius 1 is 1.12 bits per heavy atom. The van der Waals surface area contributed by atoms with Crippen LogP contribution in [0.2, 0.25) is 0 Å². The van der Waals surface area contributed by atoms with Crippen LogP contribution in [0, 0.1) is 0 Å². The number of aliphatic hydroxyl groups excluding tert-OH is 1. The fourth-order valence-corrected chi connectivity index (χ4v) is 3.62. The molecule has 0 bridgehead atoms. The van der Waals surface area contributed by atoms with Crippen molar-refractivity contribution in [3.8, 4) is 5.75 Å². The van der Waals surface area contributed by atoms with Crippen LogP contribution in [0.25, 0.3) is 0 Å². The number of ether oxygens (including phenoxy) is 1. The lowest BCUT2D eigenvalue weighted by molar-refractivity contribution is 0.117.